The van der Waals surface area contributed by atoms with Gasteiger partial charge >= 0.3 is 0 Å². The number of nitrogens with zero attached hydrogens (tertiary/aromatic N) is 2. The van der Waals surface area contributed by atoms with Crippen LogP contribution in [-0.2, 0) is 6.54 Å². The van der Waals surface area contributed by atoms with E-state index >= 15 is 0 Å². The lowest BCUT2D eigenvalue weighted by atomic mass is 10.2. The molecule has 2 rings (SSSR count). The molecule has 128 valence electrons. The van der Waals surface area contributed by atoms with Gasteiger partial charge in [0.15, 0.2) is 11.5 Å². The average molecular weight is 345 g/mol. The molecule has 0 saturated carbocycles. The van der Waals surface area contributed by atoms with Crippen LogP contribution >= 0.6 is 11.3 Å². The van der Waals surface area contributed by atoms with Gasteiger partial charge in [0.05, 0.1) is 25.8 Å². The van der Waals surface area contributed by atoms with Crippen LogP contribution in [0, 0.1) is 18.3 Å². The number of ether oxygens (including phenoxy) is 2. The Balaban J connectivity index is 1.96. The van der Waals surface area contributed by atoms with Crippen molar-refractivity contribution in [2.75, 3.05) is 13.7 Å². The van der Waals surface area contributed by atoms with Crippen LogP contribution in [0.4, 0.5) is 0 Å². The van der Waals surface area contributed by atoms with Gasteiger partial charge in [0, 0.05) is 24.0 Å². The van der Waals surface area contributed by atoms with E-state index in [0.717, 1.165) is 22.8 Å². The maximum atomic E-state index is 8.58. The highest BCUT2D eigenvalue weighted by atomic mass is 32.1. The highest BCUT2D eigenvalue weighted by Gasteiger charge is 2.10. The second kappa shape index (κ2) is 9.26. The number of unbranched alkanes of at least 4 members (excludes halogenated alkanes) is 1. The fraction of sp³-hybridized carbons (Fsp3) is 0.444. The standard InChI is InChI=1S/C18H23N3O2S/c1-13-12-24-18(21-13)14(2)20-11-15-6-7-16(22-3)17(10-15)23-9-5-4-8-19/h6-7,10,12,14,20H,4-5,9,11H2,1-3H3. The number of aryl methyl sites for hydroxylation is 1. The molecule has 1 atom stereocenters. The molecule has 5 nitrogen and oxygen atoms in total. The fourth-order valence-electron chi connectivity index (χ4n) is 2.21. The predicted molar refractivity (Wildman–Crippen MR) is 95.4 cm³/mol. The molecule has 0 spiro atoms. The van der Waals surface area contributed by atoms with Gasteiger partial charge in [0.2, 0.25) is 0 Å². The Labute approximate surface area is 147 Å². The zero-order valence-corrected chi connectivity index (χ0v) is 15.2. The summed E-state index contributed by atoms with van der Waals surface area (Å²) < 4.78 is 11.1. The summed E-state index contributed by atoms with van der Waals surface area (Å²) in [7, 11) is 1.63. The number of hydrogen-bond donors (Lipinski definition) is 1. The van der Waals surface area contributed by atoms with Crippen LogP contribution in [0.2, 0.25) is 0 Å². The third kappa shape index (κ3) is 5.22. The van der Waals surface area contributed by atoms with E-state index < -0.39 is 0 Å². The quantitative estimate of drug-likeness (QED) is 0.696. The maximum absolute atomic E-state index is 8.58. The lowest BCUT2D eigenvalue weighted by molar-refractivity contribution is 0.290. The van der Waals surface area contributed by atoms with E-state index in [1.165, 1.54) is 0 Å². The van der Waals surface area contributed by atoms with Crippen LogP contribution in [0.25, 0.3) is 0 Å². The summed E-state index contributed by atoms with van der Waals surface area (Å²) in [6.07, 6.45) is 1.21. The minimum absolute atomic E-state index is 0.200. The minimum Gasteiger partial charge on any atom is -0.493 e. The summed E-state index contributed by atoms with van der Waals surface area (Å²) in [4.78, 5) is 4.51. The normalized spacial score (nSPS) is 11.8. The second-order valence-electron chi connectivity index (χ2n) is 5.53. The molecular weight excluding hydrogens is 322 g/mol. The number of rotatable bonds is 9. The number of methoxy groups -OCH3 is 1. The summed E-state index contributed by atoms with van der Waals surface area (Å²) in [6, 6.07) is 8.23. The zero-order chi connectivity index (χ0) is 17.4. The molecule has 0 aliphatic rings. The van der Waals surface area contributed by atoms with E-state index in [1.54, 1.807) is 18.4 Å². The van der Waals surface area contributed by atoms with E-state index in [0.29, 0.717) is 30.9 Å². The van der Waals surface area contributed by atoms with Crippen molar-refractivity contribution >= 4 is 11.3 Å². The molecule has 6 heteroatoms. The second-order valence-corrected chi connectivity index (χ2v) is 6.41. The molecule has 0 amide bonds. The SMILES string of the molecule is COc1ccc(CNC(C)c2nc(C)cs2)cc1OCCCC#N. The molecule has 2 aromatic rings. The molecule has 1 aromatic carbocycles. The molecule has 1 aromatic heterocycles. The third-order valence-corrected chi connectivity index (χ3v) is 4.68. The fourth-order valence-corrected chi connectivity index (χ4v) is 3.03. The van der Waals surface area contributed by atoms with Gasteiger partial charge in [-0.15, -0.1) is 11.3 Å². The lowest BCUT2D eigenvalue weighted by Crippen LogP contribution is -2.18. The average Bonchev–Trinajstić information content (AvgIpc) is 3.03. The van der Waals surface area contributed by atoms with Crippen LogP contribution in [0.1, 0.15) is 42.1 Å². The first kappa shape index (κ1) is 18.2. The Hall–Kier alpha value is -2.10. The molecule has 24 heavy (non-hydrogen) atoms. The minimum atomic E-state index is 0.200. The number of nitrogens with one attached hydrogen (secondary N) is 1. The molecular formula is C18H23N3O2S. The van der Waals surface area contributed by atoms with Gasteiger partial charge in [0.25, 0.3) is 0 Å². The molecule has 0 aliphatic carbocycles. The van der Waals surface area contributed by atoms with Gasteiger partial charge in [-0.25, -0.2) is 4.98 Å². The van der Waals surface area contributed by atoms with Crippen molar-refractivity contribution in [2.45, 2.75) is 39.3 Å². The van der Waals surface area contributed by atoms with Crippen LogP contribution in [-0.4, -0.2) is 18.7 Å². The predicted octanol–water partition coefficient (Wildman–Crippen LogP) is 3.99. The van der Waals surface area contributed by atoms with Crippen molar-refractivity contribution in [3.63, 3.8) is 0 Å². The van der Waals surface area contributed by atoms with Gasteiger partial charge in [-0.2, -0.15) is 5.26 Å². The topological polar surface area (TPSA) is 67.2 Å². The number of hydrogen-bond acceptors (Lipinski definition) is 6. The van der Waals surface area contributed by atoms with E-state index in [4.69, 9.17) is 14.7 Å². The molecule has 0 radical (unpaired) electrons. The Morgan fingerprint density at radius 1 is 1.38 bits per heavy atom. The van der Waals surface area contributed by atoms with Crippen molar-refractivity contribution in [3.05, 3.63) is 39.8 Å². The van der Waals surface area contributed by atoms with E-state index in [9.17, 15) is 0 Å². The maximum Gasteiger partial charge on any atom is 0.161 e. The number of thiazole rings is 1. The Morgan fingerprint density at radius 2 is 2.21 bits per heavy atom. The Bertz CT molecular complexity index is 694. The molecule has 0 fully saturated rings. The van der Waals surface area contributed by atoms with Crippen LogP contribution in [0.3, 0.4) is 0 Å². The van der Waals surface area contributed by atoms with Crippen molar-refractivity contribution in [1.82, 2.24) is 10.3 Å². The molecule has 0 saturated heterocycles. The van der Waals surface area contributed by atoms with Gasteiger partial charge in [-0.3, -0.25) is 0 Å². The van der Waals surface area contributed by atoms with Crippen molar-refractivity contribution in [1.29, 1.82) is 5.26 Å². The number of aromatic nitrogens is 1. The van der Waals surface area contributed by atoms with Crippen molar-refractivity contribution in [3.8, 4) is 17.6 Å². The molecule has 1 unspecified atom stereocenters. The summed E-state index contributed by atoms with van der Waals surface area (Å²) in [6.45, 7) is 5.35. The molecule has 1 heterocycles. The van der Waals surface area contributed by atoms with Gasteiger partial charge in [-0.05, 0) is 38.0 Å². The van der Waals surface area contributed by atoms with Crippen molar-refractivity contribution in [2.24, 2.45) is 0 Å². The highest BCUT2D eigenvalue weighted by Crippen LogP contribution is 2.28. The smallest absolute Gasteiger partial charge is 0.161 e. The first-order valence-corrected chi connectivity index (χ1v) is 8.84. The highest BCUT2D eigenvalue weighted by molar-refractivity contribution is 7.09. The van der Waals surface area contributed by atoms with E-state index in [-0.39, 0.29) is 6.04 Å². The van der Waals surface area contributed by atoms with Crippen LogP contribution in [0.5, 0.6) is 11.5 Å². The van der Waals surface area contributed by atoms with Crippen LogP contribution < -0.4 is 14.8 Å². The Kier molecular flexibility index (Phi) is 7.04. The summed E-state index contributed by atoms with van der Waals surface area (Å²) in [5, 5.41) is 15.2. The molecule has 0 aliphatic heterocycles. The van der Waals surface area contributed by atoms with E-state index in [1.807, 2.05) is 25.1 Å². The monoisotopic (exact) mass is 345 g/mol. The lowest BCUT2D eigenvalue weighted by Gasteiger charge is -2.14. The molecule has 0 bridgehead atoms. The first-order chi connectivity index (χ1) is 11.6. The van der Waals surface area contributed by atoms with Gasteiger partial charge in [0.1, 0.15) is 5.01 Å². The number of nitriles is 1. The largest absolute Gasteiger partial charge is 0.493 e. The summed E-state index contributed by atoms with van der Waals surface area (Å²) in [5.74, 6) is 1.42. The Morgan fingerprint density at radius 3 is 2.88 bits per heavy atom. The van der Waals surface area contributed by atoms with Crippen LogP contribution in [0.15, 0.2) is 23.6 Å². The van der Waals surface area contributed by atoms with Gasteiger partial charge in [-0.1, -0.05) is 6.07 Å². The first-order valence-electron chi connectivity index (χ1n) is 7.96. The molecule has 1 N–H and O–H groups in total. The summed E-state index contributed by atoms with van der Waals surface area (Å²) >= 11 is 1.67. The van der Waals surface area contributed by atoms with E-state index in [2.05, 4.69) is 28.7 Å². The van der Waals surface area contributed by atoms with Crippen molar-refractivity contribution < 1.29 is 9.47 Å². The zero-order valence-electron chi connectivity index (χ0n) is 14.3. The summed E-state index contributed by atoms with van der Waals surface area (Å²) in [5.41, 5.74) is 2.17. The van der Waals surface area contributed by atoms with Gasteiger partial charge < -0.3 is 14.8 Å². The third-order valence-electron chi connectivity index (χ3n) is 3.54. The number of benzene rings is 1.